The van der Waals surface area contributed by atoms with Crippen LogP contribution in [0.3, 0.4) is 0 Å². The quantitative estimate of drug-likeness (QED) is 0.800. The highest BCUT2D eigenvalue weighted by atomic mass is 16.3. The average Bonchev–Trinajstić information content (AvgIpc) is 2.48. The molecule has 1 saturated heterocycles. The van der Waals surface area contributed by atoms with E-state index in [2.05, 4.69) is 38.9 Å². The molecule has 0 amide bonds. The van der Waals surface area contributed by atoms with Crippen LogP contribution in [0, 0.1) is 6.92 Å². The van der Waals surface area contributed by atoms with Crippen molar-refractivity contribution >= 4 is 11.6 Å². The molecule has 1 aliphatic rings. The van der Waals surface area contributed by atoms with Gasteiger partial charge < -0.3 is 15.3 Å². The van der Waals surface area contributed by atoms with Gasteiger partial charge in [0.05, 0.1) is 6.61 Å². The highest BCUT2D eigenvalue weighted by Crippen LogP contribution is 2.23. The zero-order valence-corrected chi connectivity index (χ0v) is 12.5. The summed E-state index contributed by atoms with van der Waals surface area (Å²) in [4.78, 5) is 13.4. The van der Waals surface area contributed by atoms with E-state index in [-0.39, 0.29) is 6.61 Å². The number of hydrogen-bond acceptors (Lipinski definition) is 6. The van der Waals surface area contributed by atoms with Gasteiger partial charge in [0, 0.05) is 44.8 Å². The van der Waals surface area contributed by atoms with E-state index in [0.29, 0.717) is 0 Å². The van der Waals surface area contributed by atoms with E-state index < -0.39 is 0 Å². The van der Waals surface area contributed by atoms with Gasteiger partial charge in [0.15, 0.2) is 0 Å². The van der Waals surface area contributed by atoms with Crippen LogP contribution in [-0.2, 0) is 0 Å². The smallest absolute Gasteiger partial charge is 0.137 e. The Morgan fingerprint density at radius 1 is 1.25 bits per heavy atom. The van der Waals surface area contributed by atoms with E-state index in [1.807, 2.05) is 0 Å². The molecule has 6 heteroatoms. The van der Waals surface area contributed by atoms with Gasteiger partial charge in [0.1, 0.15) is 18.0 Å². The van der Waals surface area contributed by atoms with Crippen molar-refractivity contribution in [3.8, 4) is 0 Å². The lowest BCUT2D eigenvalue weighted by Gasteiger charge is -2.35. The molecule has 1 fully saturated rings. The molecule has 112 valence electrons. The zero-order valence-electron chi connectivity index (χ0n) is 12.5. The van der Waals surface area contributed by atoms with Gasteiger partial charge in [-0.15, -0.1) is 0 Å². The molecular formula is C14H25N5O. The van der Waals surface area contributed by atoms with E-state index in [1.165, 1.54) is 0 Å². The second-order valence-electron chi connectivity index (χ2n) is 5.15. The molecule has 1 aliphatic heterocycles. The summed E-state index contributed by atoms with van der Waals surface area (Å²) in [5.41, 5.74) is 1.12. The van der Waals surface area contributed by atoms with Crippen molar-refractivity contribution in [2.24, 2.45) is 0 Å². The first-order valence-electron chi connectivity index (χ1n) is 7.40. The third kappa shape index (κ3) is 3.58. The number of β-amino-alcohol motifs (C(OH)–C–C–N with tert-alkyl or cyclic N) is 1. The van der Waals surface area contributed by atoms with Gasteiger partial charge in [-0.1, -0.05) is 6.92 Å². The standard InChI is InChI=1S/C14H25N5O/c1-3-4-15-13-12(2)14(17-11-16-13)19-7-5-18(6-8-19)9-10-20/h11,20H,3-10H2,1-2H3,(H,15,16,17). The number of aromatic nitrogens is 2. The van der Waals surface area contributed by atoms with Crippen molar-refractivity contribution in [3.05, 3.63) is 11.9 Å². The molecule has 0 unspecified atom stereocenters. The van der Waals surface area contributed by atoms with Crippen LogP contribution >= 0.6 is 0 Å². The van der Waals surface area contributed by atoms with Crippen LogP contribution in [0.4, 0.5) is 11.6 Å². The normalized spacial score (nSPS) is 16.4. The van der Waals surface area contributed by atoms with Crippen molar-refractivity contribution in [1.82, 2.24) is 14.9 Å². The number of aliphatic hydroxyl groups excluding tert-OH is 1. The molecule has 20 heavy (non-hydrogen) atoms. The SMILES string of the molecule is CCCNc1ncnc(N2CCN(CCO)CC2)c1C. The van der Waals surface area contributed by atoms with Crippen molar-refractivity contribution in [2.75, 3.05) is 56.1 Å². The van der Waals surface area contributed by atoms with Gasteiger partial charge >= 0.3 is 0 Å². The van der Waals surface area contributed by atoms with E-state index in [4.69, 9.17) is 5.11 Å². The van der Waals surface area contributed by atoms with Crippen LogP contribution < -0.4 is 10.2 Å². The molecule has 0 atom stereocenters. The van der Waals surface area contributed by atoms with Crippen LogP contribution in [-0.4, -0.2) is 65.8 Å². The second-order valence-corrected chi connectivity index (χ2v) is 5.15. The predicted molar refractivity (Wildman–Crippen MR) is 81.3 cm³/mol. The van der Waals surface area contributed by atoms with E-state index in [1.54, 1.807) is 6.33 Å². The molecule has 0 bridgehead atoms. The number of nitrogens with zero attached hydrogens (tertiary/aromatic N) is 4. The maximum Gasteiger partial charge on any atom is 0.137 e. The van der Waals surface area contributed by atoms with Gasteiger partial charge in [0.25, 0.3) is 0 Å². The lowest BCUT2D eigenvalue weighted by Crippen LogP contribution is -2.47. The molecule has 1 aromatic rings. The Hall–Kier alpha value is -1.40. The van der Waals surface area contributed by atoms with E-state index in [9.17, 15) is 0 Å². The van der Waals surface area contributed by atoms with Gasteiger partial charge in [-0.3, -0.25) is 4.90 Å². The van der Waals surface area contributed by atoms with Gasteiger partial charge in [-0.25, -0.2) is 9.97 Å². The first kappa shape index (κ1) is 15.0. The fourth-order valence-electron chi connectivity index (χ4n) is 2.51. The maximum atomic E-state index is 8.98. The summed E-state index contributed by atoms with van der Waals surface area (Å²) in [5, 5.41) is 12.3. The molecule has 0 radical (unpaired) electrons. The molecule has 2 rings (SSSR count). The zero-order chi connectivity index (χ0) is 14.4. The summed E-state index contributed by atoms with van der Waals surface area (Å²) in [6, 6.07) is 0. The molecule has 2 N–H and O–H groups in total. The lowest BCUT2D eigenvalue weighted by molar-refractivity contribution is 0.188. The highest BCUT2D eigenvalue weighted by Gasteiger charge is 2.20. The molecule has 2 heterocycles. The number of nitrogens with one attached hydrogen (secondary N) is 1. The Labute approximate surface area is 120 Å². The summed E-state index contributed by atoms with van der Waals surface area (Å²) in [7, 11) is 0. The average molecular weight is 279 g/mol. The minimum absolute atomic E-state index is 0.234. The molecule has 0 spiro atoms. The predicted octanol–water partition coefficient (Wildman–Crippen LogP) is 0.721. The Bertz CT molecular complexity index is 418. The van der Waals surface area contributed by atoms with Crippen LogP contribution in [0.5, 0.6) is 0 Å². The van der Waals surface area contributed by atoms with Crippen LogP contribution in [0.2, 0.25) is 0 Å². The third-order valence-electron chi connectivity index (χ3n) is 3.69. The Morgan fingerprint density at radius 2 is 2.00 bits per heavy atom. The molecule has 0 saturated carbocycles. The van der Waals surface area contributed by atoms with E-state index in [0.717, 1.165) is 62.9 Å². The monoisotopic (exact) mass is 279 g/mol. The Balaban J connectivity index is 2.02. The Kier molecular flexibility index (Phi) is 5.55. The molecular weight excluding hydrogens is 254 g/mol. The van der Waals surface area contributed by atoms with Crippen LogP contribution in [0.1, 0.15) is 18.9 Å². The number of anilines is 2. The number of rotatable bonds is 6. The highest BCUT2D eigenvalue weighted by molar-refractivity contribution is 5.58. The fraction of sp³-hybridized carbons (Fsp3) is 0.714. The Morgan fingerprint density at radius 3 is 2.65 bits per heavy atom. The van der Waals surface area contributed by atoms with Gasteiger partial charge in [0.2, 0.25) is 0 Å². The summed E-state index contributed by atoms with van der Waals surface area (Å²) in [5.74, 6) is 1.97. The van der Waals surface area contributed by atoms with Crippen molar-refractivity contribution in [3.63, 3.8) is 0 Å². The molecule has 6 nitrogen and oxygen atoms in total. The molecule has 1 aromatic heterocycles. The third-order valence-corrected chi connectivity index (χ3v) is 3.69. The van der Waals surface area contributed by atoms with Crippen LogP contribution in [0.15, 0.2) is 6.33 Å². The fourth-order valence-corrected chi connectivity index (χ4v) is 2.51. The van der Waals surface area contributed by atoms with Gasteiger partial charge in [-0.2, -0.15) is 0 Å². The van der Waals surface area contributed by atoms with Crippen molar-refractivity contribution in [2.45, 2.75) is 20.3 Å². The van der Waals surface area contributed by atoms with Crippen LogP contribution in [0.25, 0.3) is 0 Å². The summed E-state index contributed by atoms with van der Waals surface area (Å²) in [6.07, 6.45) is 2.72. The first-order chi connectivity index (χ1) is 9.76. The minimum Gasteiger partial charge on any atom is -0.395 e. The molecule has 0 aromatic carbocycles. The topological polar surface area (TPSA) is 64.5 Å². The number of hydrogen-bond donors (Lipinski definition) is 2. The lowest BCUT2D eigenvalue weighted by atomic mass is 10.2. The van der Waals surface area contributed by atoms with Gasteiger partial charge in [-0.05, 0) is 13.3 Å². The summed E-state index contributed by atoms with van der Waals surface area (Å²) < 4.78 is 0. The molecule has 0 aliphatic carbocycles. The largest absolute Gasteiger partial charge is 0.395 e. The first-order valence-corrected chi connectivity index (χ1v) is 7.40. The minimum atomic E-state index is 0.234. The number of piperazine rings is 1. The number of aliphatic hydroxyl groups is 1. The second kappa shape index (κ2) is 7.40. The van der Waals surface area contributed by atoms with Crippen molar-refractivity contribution < 1.29 is 5.11 Å². The maximum absolute atomic E-state index is 8.98. The summed E-state index contributed by atoms with van der Waals surface area (Å²) in [6.45, 7) is 10.00. The summed E-state index contributed by atoms with van der Waals surface area (Å²) >= 11 is 0. The van der Waals surface area contributed by atoms with Crippen molar-refractivity contribution in [1.29, 1.82) is 0 Å². The van der Waals surface area contributed by atoms with E-state index >= 15 is 0 Å².